The number of allylic oxidation sites excluding steroid dienone is 8. The molecule has 1 saturated carbocycles. The third-order valence-corrected chi connectivity index (χ3v) is 13.2. The van der Waals surface area contributed by atoms with Gasteiger partial charge in [0.1, 0.15) is 43.2 Å². The van der Waals surface area contributed by atoms with E-state index in [1.807, 2.05) is 18.2 Å². The van der Waals surface area contributed by atoms with E-state index >= 15 is 0 Å². The minimum Gasteiger partial charge on any atom is -0.462 e. The SMILES string of the molecule is CCCCCC=CCC=CCC=CCC=CCCCC(=O)O[C@@H](COC(=O)CCCCCCCCCCCCCCCCC)COP(=O)(O)O[C@@H]1[C@H](O)[C@H](O)[C@@H](OP(=O)(O)O)[C@H](OP(=O)(O)O)[C@H]1O. The molecule has 22 heteroatoms. The summed E-state index contributed by atoms with van der Waals surface area (Å²) in [6, 6.07) is 0. The highest BCUT2D eigenvalue weighted by molar-refractivity contribution is 7.47. The van der Waals surface area contributed by atoms with Gasteiger partial charge in [-0.25, -0.2) is 13.7 Å². The number of hydrogen-bond acceptors (Lipinski definition) is 14. The van der Waals surface area contributed by atoms with Gasteiger partial charge in [-0.1, -0.05) is 165 Å². The van der Waals surface area contributed by atoms with Crippen LogP contribution < -0.4 is 0 Å². The van der Waals surface area contributed by atoms with E-state index in [1.165, 1.54) is 83.5 Å². The molecule has 0 radical (unpaired) electrons. The van der Waals surface area contributed by atoms with Crippen LogP contribution in [0.15, 0.2) is 48.6 Å². The predicted octanol–water partition coefficient (Wildman–Crippen LogP) is 9.40. The summed E-state index contributed by atoms with van der Waals surface area (Å²) in [6.45, 7) is 2.88. The van der Waals surface area contributed by atoms with Gasteiger partial charge in [0.15, 0.2) is 6.10 Å². The van der Waals surface area contributed by atoms with Crippen LogP contribution in [-0.4, -0.2) is 108 Å². The molecule has 1 aliphatic carbocycles. The van der Waals surface area contributed by atoms with Gasteiger partial charge in [-0.2, -0.15) is 0 Å². The first kappa shape index (κ1) is 65.1. The van der Waals surface area contributed by atoms with Crippen LogP contribution in [-0.2, 0) is 50.9 Å². The van der Waals surface area contributed by atoms with E-state index < -0.39 is 91.3 Å². The highest BCUT2D eigenvalue weighted by Gasteiger charge is 2.56. The average molecular weight is 1050 g/mol. The lowest BCUT2D eigenvalue weighted by molar-refractivity contribution is -0.213. The smallest absolute Gasteiger partial charge is 0.462 e. The maximum atomic E-state index is 13.1. The third-order valence-electron chi connectivity index (χ3n) is 11.1. The van der Waals surface area contributed by atoms with E-state index in [1.54, 1.807) is 0 Å². The molecule has 0 spiro atoms. The van der Waals surface area contributed by atoms with Crippen LogP contribution in [0.1, 0.15) is 181 Å². The van der Waals surface area contributed by atoms with Gasteiger partial charge in [0.25, 0.3) is 0 Å². The highest BCUT2D eigenvalue weighted by atomic mass is 31.2. The molecule has 8 atom stereocenters. The van der Waals surface area contributed by atoms with Gasteiger partial charge in [-0.05, 0) is 51.4 Å². The van der Waals surface area contributed by atoms with Crippen molar-refractivity contribution in [1.29, 1.82) is 0 Å². The number of carbonyl (C=O) groups excluding carboxylic acids is 2. The summed E-state index contributed by atoms with van der Waals surface area (Å²) in [7, 11) is -16.6. The molecule has 0 bridgehead atoms. The van der Waals surface area contributed by atoms with Crippen molar-refractivity contribution >= 4 is 35.4 Å². The second kappa shape index (κ2) is 38.7. The number of ether oxygens (including phenoxy) is 2. The van der Waals surface area contributed by atoms with Gasteiger partial charge in [0.2, 0.25) is 0 Å². The van der Waals surface area contributed by atoms with Crippen molar-refractivity contribution in [3.05, 3.63) is 48.6 Å². The van der Waals surface area contributed by atoms with Crippen LogP contribution in [0.3, 0.4) is 0 Å². The molecule has 1 fully saturated rings. The second-order valence-electron chi connectivity index (χ2n) is 17.4. The Balaban J connectivity index is 2.75. The van der Waals surface area contributed by atoms with Crippen LogP contribution in [0, 0.1) is 0 Å². The number of esters is 2. The van der Waals surface area contributed by atoms with Crippen LogP contribution in [0.5, 0.6) is 0 Å². The summed E-state index contributed by atoms with van der Waals surface area (Å²) >= 11 is 0. The monoisotopic (exact) mass is 1050 g/mol. The van der Waals surface area contributed by atoms with Crippen molar-refractivity contribution in [2.75, 3.05) is 13.2 Å². The molecule has 1 rings (SSSR count). The number of carbonyl (C=O) groups is 2. The van der Waals surface area contributed by atoms with Crippen LogP contribution in [0.2, 0.25) is 0 Å². The fraction of sp³-hybridized carbons (Fsp3) is 0.787. The summed E-state index contributed by atoms with van der Waals surface area (Å²) in [5.74, 6) is -1.36. The van der Waals surface area contributed by atoms with Crippen molar-refractivity contribution in [2.24, 2.45) is 0 Å². The number of unbranched alkanes of at least 4 members (excludes halogenated alkanes) is 18. The minimum atomic E-state index is -5.61. The van der Waals surface area contributed by atoms with Crippen LogP contribution >= 0.6 is 23.5 Å². The molecule has 0 aromatic carbocycles. The fourth-order valence-electron chi connectivity index (χ4n) is 7.40. The van der Waals surface area contributed by atoms with Gasteiger partial charge >= 0.3 is 35.4 Å². The molecule has 19 nitrogen and oxygen atoms in total. The average Bonchev–Trinajstić information content (AvgIpc) is 3.28. The van der Waals surface area contributed by atoms with Crippen LogP contribution in [0.25, 0.3) is 0 Å². The first-order valence-corrected chi connectivity index (χ1v) is 29.5. The van der Waals surface area contributed by atoms with Crippen molar-refractivity contribution in [3.63, 3.8) is 0 Å². The Morgan fingerprint density at radius 3 is 1.33 bits per heavy atom. The van der Waals surface area contributed by atoms with Gasteiger partial charge in [0, 0.05) is 12.8 Å². The fourth-order valence-corrected chi connectivity index (χ4v) is 9.50. The Morgan fingerprint density at radius 1 is 0.464 bits per heavy atom. The van der Waals surface area contributed by atoms with Crippen molar-refractivity contribution < 1.29 is 90.6 Å². The quantitative estimate of drug-likeness (QED) is 0.0122. The number of phosphoric acid groups is 3. The lowest BCUT2D eigenvalue weighted by Crippen LogP contribution is -2.65. The van der Waals surface area contributed by atoms with Crippen molar-refractivity contribution in [1.82, 2.24) is 0 Å². The van der Waals surface area contributed by atoms with Gasteiger partial charge in [-0.15, -0.1) is 0 Å². The zero-order chi connectivity index (χ0) is 51.4. The molecule has 0 amide bonds. The molecule has 0 aromatic rings. The molecule has 1 aliphatic rings. The summed E-state index contributed by atoms with van der Waals surface area (Å²) in [6.07, 6.45) is 25.6. The number of phosphoric ester groups is 3. The summed E-state index contributed by atoms with van der Waals surface area (Å²) in [5.41, 5.74) is 0. The largest absolute Gasteiger partial charge is 0.472 e. The Morgan fingerprint density at radius 2 is 0.855 bits per heavy atom. The topological polar surface area (TPSA) is 303 Å². The van der Waals surface area contributed by atoms with Crippen molar-refractivity contribution in [3.8, 4) is 0 Å². The summed E-state index contributed by atoms with van der Waals surface area (Å²) in [5, 5.41) is 31.9. The molecule has 0 heterocycles. The second-order valence-corrected chi connectivity index (χ2v) is 21.2. The van der Waals surface area contributed by atoms with E-state index in [-0.39, 0.29) is 12.8 Å². The molecule has 402 valence electrons. The minimum absolute atomic E-state index is 0.0703. The van der Waals surface area contributed by atoms with Gasteiger partial charge in [-0.3, -0.25) is 27.7 Å². The maximum Gasteiger partial charge on any atom is 0.472 e. The first-order valence-electron chi connectivity index (χ1n) is 24.9. The molecule has 0 aromatic heterocycles. The number of aliphatic hydroxyl groups excluding tert-OH is 3. The zero-order valence-electron chi connectivity index (χ0n) is 40.9. The van der Waals surface area contributed by atoms with E-state index in [2.05, 4.69) is 53.3 Å². The Labute approximate surface area is 410 Å². The molecule has 69 heavy (non-hydrogen) atoms. The predicted molar refractivity (Wildman–Crippen MR) is 261 cm³/mol. The van der Waals surface area contributed by atoms with E-state index in [0.717, 1.165) is 44.9 Å². The Kier molecular flexibility index (Phi) is 36.5. The van der Waals surface area contributed by atoms with E-state index in [4.69, 9.17) is 18.5 Å². The van der Waals surface area contributed by atoms with Gasteiger partial charge < -0.3 is 49.3 Å². The molecule has 1 unspecified atom stereocenters. The third kappa shape index (κ3) is 35.0. The lowest BCUT2D eigenvalue weighted by atomic mass is 9.85. The molecule has 0 saturated heterocycles. The maximum absolute atomic E-state index is 13.1. The highest BCUT2D eigenvalue weighted by Crippen LogP contribution is 2.51. The number of aliphatic hydroxyl groups is 3. The first-order chi connectivity index (χ1) is 32.8. The Bertz CT molecular complexity index is 1630. The standard InChI is InChI=1S/C47H85O19P3/c1-3-5-7-9-11-13-15-17-19-20-22-24-26-28-30-32-34-36-41(49)63-39(37-61-40(48)35-33-31-29-27-25-23-21-18-16-14-12-10-8-6-4-2)38-62-69(59,60)66-45-42(50)43(51)46(64-67(53,54)55)47(44(45)52)65-68(56,57)58/h11,13,17,19,22,24,28,30,39,42-47,50-52H,3-10,12,14-16,18,20-21,23,25-27,29,31-38H2,1-2H3,(H,59,60)(H2,53,54,55)(H2,56,57,58)/t39-,42+,43-,44-,45+,46+,47+/m0/s1. The normalized spacial score (nSPS) is 21.7. The number of hydrogen-bond donors (Lipinski definition) is 8. The molecular weight excluding hydrogens is 961 g/mol. The molecule has 0 aliphatic heterocycles. The van der Waals surface area contributed by atoms with E-state index in [9.17, 15) is 63.1 Å². The Hall–Kier alpha value is -1.89. The van der Waals surface area contributed by atoms with Gasteiger partial charge in [0.05, 0.1) is 6.61 Å². The van der Waals surface area contributed by atoms with Crippen molar-refractivity contribution in [2.45, 2.75) is 224 Å². The zero-order valence-corrected chi connectivity index (χ0v) is 43.6. The van der Waals surface area contributed by atoms with Crippen LogP contribution in [0.4, 0.5) is 0 Å². The summed E-state index contributed by atoms with van der Waals surface area (Å²) < 4.78 is 65.5. The number of rotatable bonds is 42. The summed E-state index contributed by atoms with van der Waals surface area (Å²) in [4.78, 5) is 73.3. The lowest BCUT2D eigenvalue weighted by Gasteiger charge is -2.44. The molecule has 8 N–H and O–H groups in total. The van der Waals surface area contributed by atoms with E-state index in [0.29, 0.717) is 25.7 Å². The molecular formula is C47H85O19P3.